The Morgan fingerprint density at radius 2 is 1.66 bits per heavy atom. The van der Waals surface area contributed by atoms with E-state index in [1.807, 2.05) is 25.1 Å². The fourth-order valence-corrected chi connectivity index (χ4v) is 5.07. The normalized spacial score (nSPS) is 17.7. The summed E-state index contributed by atoms with van der Waals surface area (Å²) in [6.45, 7) is 4.02. The van der Waals surface area contributed by atoms with Gasteiger partial charge in [-0.3, -0.25) is 4.79 Å². The van der Waals surface area contributed by atoms with Crippen molar-refractivity contribution >= 4 is 15.9 Å². The number of rotatable bonds is 5. The lowest BCUT2D eigenvalue weighted by Crippen LogP contribution is -2.28. The average molecular weight is 416 g/mol. The first kappa shape index (κ1) is 19.7. The Morgan fingerprint density at radius 1 is 1.00 bits per heavy atom. The van der Waals surface area contributed by atoms with Gasteiger partial charge in [-0.2, -0.15) is 4.31 Å². The van der Waals surface area contributed by atoms with Gasteiger partial charge in [0.05, 0.1) is 10.9 Å². The summed E-state index contributed by atoms with van der Waals surface area (Å²) < 4.78 is 37.8. The van der Waals surface area contributed by atoms with Crippen molar-refractivity contribution in [3.63, 3.8) is 0 Å². The van der Waals surface area contributed by atoms with Crippen LogP contribution in [0.2, 0.25) is 0 Å². The van der Waals surface area contributed by atoms with Gasteiger partial charge in [0, 0.05) is 18.7 Å². The van der Waals surface area contributed by atoms with Crippen molar-refractivity contribution in [1.82, 2.24) is 9.62 Å². The van der Waals surface area contributed by atoms with Gasteiger partial charge in [-0.05, 0) is 61.7 Å². The lowest BCUT2D eigenvalue weighted by Gasteiger charge is -2.21. The predicted octanol–water partition coefficient (Wildman–Crippen LogP) is 2.73. The molecule has 0 aromatic heterocycles. The second-order valence-corrected chi connectivity index (χ2v) is 9.17. The second-order valence-electron chi connectivity index (χ2n) is 7.23. The van der Waals surface area contributed by atoms with Crippen LogP contribution in [0.3, 0.4) is 0 Å². The molecule has 1 N–H and O–H groups in total. The molecule has 8 heteroatoms. The molecule has 0 saturated carbocycles. The highest BCUT2D eigenvalue weighted by Crippen LogP contribution is 2.32. The molecule has 2 heterocycles. The number of nitrogens with zero attached hydrogens (tertiary/aromatic N) is 1. The van der Waals surface area contributed by atoms with Crippen LogP contribution in [0.15, 0.2) is 47.4 Å². The maximum absolute atomic E-state index is 12.6. The van der Waals surface area contributed by atoms with Gasteiger partial charge < -0.3 is 14.8 Å². The Morgan fingerprint density at radius 3 is 2.34 bits per heavy atom. The quantitative estimate of drug-likeness (QED) is 0.810. The van der Waals surface area contributed by atoms with Crippen LogP contribution in [-0.2, 0) is 10.0 Å². The van der Waals surface area contributed by atoms with E-state index in [2.05, 4.69) is 5.32 Å². The van der Waals surface area contributed by atoms with Gasteiger partial charge >= 0.3 is 0 Å². The maximum atomic E-state index is 12.6. The molecule has 2 aromatic rings. The topological polar surface area (TPSA) is 84.9 Å². The van der Waals surface area contributed by atoms with E-state index in [1.54, 1.807) is 12.1 Å². The van der Waals surface area contributed by atoms with Crippen molar-refractivity contribution in [1.29, 1.82) is 0 Å². The first-order valence-electron chi connectivity index (χ1n) is 9.76. The number of sulfonamides is 1. The van der Waals surface area contributed by atoms with Crippen molar-refractivity contribution in [2.45, 2.75) is 30.7 Å². The summed E-state index contributed by atoms with van der Waals surface area (Å²) in [4.78, 5) is 12.8. The van der Waals surface area contributed by atoms with Crippen LogP contribution < -0.4 is 14.8 Å². The summed E-state index contributed by atoms with van der Waals surface area (Å²) in [5.74, 6) is 1.11. The number of benzene rings is 2. The first-order chi connectivity index (χ1) is 13.9. The number of fused-ring (bicyclic) bond motifs is 1. The molecular weight excluding hydrogens is 392 g/mol. The van der Waals surface area contributed by atoms with E-state index in [4.69, 9.17) is 9.47 Å². The van der Waals surface area contributed by atoms with Gasteiger partial charge in [0.1, 0.15) is 13.2 Å². The first-order valence-corrected chi connectivity index (χ1v) is 11.2. The molecule has 1 atom stereocenters. The Hall–Kier alpha value is -2.58. The van der Waals surface area contributed by atoms with Crippen LogP contribution in [0.5, 0.6) is 11.5 Å². The summed E-state index contributed by atoms with van der Waals surface area (Å²) in [6, 6.07) is 11.4. The van der Waals surface area contributed by atoms with Crippen LogP contribution in [0.4, 0.5) is 0 Å². The van der Waals surface area contributed by atoms with Gasteiger partial charge in [-0.1, -0.05) is 6.07 Å². The Kier molecular flexibility index (Phi) is 5.47. The number of amides is 1. The molecule has 2 aromatic carbocycles. The monoisotopic (exact) mass is 416 g/mol. The standard InChI is InChI=1S/C21H24N2O5S/c1-15(17-6-9-19-20(14-17)28-13-12-27-19)22-21(24)16-4-7-18(8-5-16)29(25,26)23-10-2-3-11-23/h4-9,14-15H,2-3,10-13H2,1H3,(H,22,24)/t15-/m1/s1. The molecule has 4 rings (SSSR count). The molecule has 1 fully saturated rings. The van der Waals surface area contributed by atoms with Crippen LogP contribution in [-0.4, -0.2) is 44.9 Å². The second kappa shape index (κ2) is 8.04. The highest BCUT2D eigenvalue weighted by molar-refractivity contribution is 7.89. The van der Waals surface area contributed by atoms with Crippen LogP contribution in [0, 0.1) is 0 Å². The van der Waals surface area contributed by atoms with Gasteiger partial charge in [0.15, 0.2) is 11.5 Å². The number of hydrogen-bond acceptors (Lipinski definition) is 5. The molecule has 0 bridgehead atoms. The fourth-order valence-electron chi connectivity index (χ4n) is 3.55. The van der Waals surface area contributed by atoms with E-state index in [0.717, 1.165) is 18.4 Å². The van der Waals surface area contributed by atoms with Crippen molar-refractivity contribution < 1.29 is 22.7 Å². The third kappa shape index (κ3) is 4.09. The van der Waals surface area contributed by atoms with Crippen molar-refractivity contribution in [2.75, 3.05) is 26.3 Å². The van der Waals surface area contributed by atoms with E-state index in [1.165, 1.54) is 16.4 Å². The zero-order chi connectivity index (χ0) is 20.4. The SMILES string of the molecule is C[C@@H](NC(=O)c1ccc(S(=O)(=O)N2CCCC2)cc1)c1ccc2c(c1)OCCO2. The number of nitrogens with one attached hydrogen (secondary N) is 1. The van der Waals surface area contributed by atoms with E-state index < -0.39 is 10.0 Å². The molecule has 2 aliphatic heterocycles. The number of ether oxygens (including phenoxy) is 2. The third-order valence-electron chi connectivity index (χ3n) is 5.23. The molecule has 154 valence electrons. The highest BCUT2D eigenvalue weighted by atomic mass is 32.2. The smallest absolute Gasteiger partial charge is 0.251 e. The molecule has 0 aliphatic carbocycles. The van der Waals surface area contributed by atoms with E-state index in [-0.39, 0.29) is 16.8 Å². The predicted molar refractivity (Wildman–Crippen MR) is 108 cm³/mol. The molecule has 29 heavy (non-hydrogen) atoms. The lowest BCUT2D eigenvalue weighted by molar-refractivity contribution is 0.0939. The minimum Gasteiger partial charge on any atom is -0.486 e. The zero-order valence-electron chi connectivity index (χ0n) is 16.3. The number of carbonyl (C=O) groups excluding carboxylic acids is 1. The van der Waals surface area contributed by atoms with Crippen LogP contribution in [0.1, 0.15) is 41.7 Å². The van der Waals surface area contributed by atoms with Crippen molar-refractivity contribution in [2.24, 2.45) is 0 Å². The molecule has 0 unspecified atom stereocenters. The lowest BCUT2D eigenvalue weighted by atomic mass is 10.1. The largest absolute Gasteiger partial charge is 0.486 e. The summed E-state index contributed by atoms with van der Waals surface area (Å²) in [7, 11) is -3.48. The van der Waals surface area contributed by atoms with Gasteiger partial charge in [-0.25, -0.2) is 8.42 Å². The molecule has 2 aliphatic rings. The molecule has 0 spiro atoms. The van der Waals surface area contributed by atoms with Gasteiger partial charge in [-0.15, -0.1) is 0 Å². The Labute approximate surface area is 170 Å². The average Bonchev–Trinajstić information content (AvgIpc) is 3.29. The zero-order valence-corrected chi connectivity index (χ0v) is 17.1. The Balaban J connectivity index is 1.44. The van der Waals surface area contributed by atoms with Crippen molar-refractivity contribution in [3.05, 3.63) is 53.6 Å². The number of carbonyl (C=O) groups is 1. The van der Waals surface area contributed by atoms with E-state index in [9.17, 15) is 13.2 Å². The van der Waals surface area contributed by atoms with E-state index in [0.29, 0.717) is 43.4 Å². The van der Waals surface area contributed by atoms with Gasteiger partial charge in [0.25, 0.3) is 5.91 Å². The minimum absolute atomic E-state index is 0.218. The molecule has 1 saturated heterocycles. The summed E-state index contributed by atoms with van der Waals surface area (Å²) in [6.07, 6.45) is 1.77. The minimum atomic E-state index is -3.48. The molecule has 7 nitrogen and oxygen atoms in total. The fraction of sp³-hybridized carbons (Fsp3) is 0.381. The molecule has 0 radical (unpaired) electrons. The van der Waals surface area contributed by atoms with Gasteiger partial charge in [0.2, 0.25) is 10.0 Å². The summed E-state index contributed by atoms with van der Waals surface area (Å²) in [5.41, 5.74) is 1.31. The molecule has 1 amide bonds. The molecular formula is C21H24N2O5S. The number of hydrogen-bond donors (Lipinski definition) is 1. The Bertz CT molecular complexity index is 998. The van der Waals surface area contributed by atoms with Crippen LogP contribution in [0.25, 0.3) is 0 Å². The summed E-state index contributed by atoms with van der Waals surface area (Å²) >= 11 is 0. The maximum Gasteiger partial charge on any atom is 0.251 e. The highest BCUT2D eigenvalue weighted by Gasteiger charge is 2.27. The van der Waals surface area contributed by atoms with Crippen molar-refractivity contribution in [3.8, 4) is 11.5 Å². The third-order valence-corrected chi connectivity index (χ3v) is 7.15. The van der Waals surface area contributed by atoms with Crippen LogP contribution >= 0.6 is 0 Å². The summed E-state index contributed by atoms with van der Waals surface area (Å²) in [5, 5.41) is 2.94. The van der Waals surface area contributed by atoms with E-state index >= 15 is 0 Å².